The lowest BCUT2D eigenvalue weighted by Crippen LogP contribution is -2.23. The summed E-state index contributed by atoms with van der Waals surface area (Å²) in [4.78, 5) is 12.2. The minimum atomic E-state index is -0.781. The first kappa shape index (κ1) is 7.16. The number of hydrogen-bond acceptors (Lipinski definition) is 2. The predicted octanol–water partition coefficient (Wildman–Crippen LogP) is 0.767. The average molecular weight is 163 g/mol. The summed E-state index contributed by atoms with van der Waals surface area (Å²) in [6.07, 6.45) is 7.90. The molecule has 2 aliphatic rings. The molecule has 0 radical (unpaired) electrons. The molecule has 1 N–H and O–H groups in total. The summed E-state index contributed by atoms with van der Waals surface area (Å²) < 4.78 is 0. The van der Waals surface area contributed by atoms with E-state index in [1.807, 2.05) is 24.4 Å². The Bertz CT molecular complexity index is 312. The third kappa shape index (κ3) is 1.13. The molecule has 0 atom stereocenters. The Balaban J connectivity index is 2.08. The highest BCUT2D eigenvalue weighted by atomic mass is 16.4. The molecule has 1 aliphatic carbocycles. The van der Waals surface area contributed by atoms with Crippen molar-refractivity contribution in [1.82, 2.24) is 4.90 Å². The average Bonchev–Trinajstić information content (AvgIpc) is 2.43. The molecule has 3 heteroatoms. The Morgan fingerprint density at radius 2 is 2.50 bits per heavy atom. The van der Waals surface area contributed by atoms with Gasteiger partial charge in [0.15, 0.2) is 0 Å². The van der Waals surface area contributed by atoms with Crippen molar-refractivity contribution in [3.63, 3.8) is 0 Å². The van der Waals surface area contributed by atoms with Gasteiger partial charge < -0.3 is 10.0 Å². The number of carboxylic acids is 1. The molecule has 0 spiro atoms. The van der Waals surface area contributed by atoms with Crippen LogP contribution in [-0.4, -0.2) is 29.1 Å². The van der Waals surface area contributed by atoms with Crippen molar-refractivity contribution in [3.05, 3.63) is 35.6 Å². The smallest absolute Gasteiger partial charge is 0.323 e. The monoisotopic (exact) mass is 163 g/mol. The van der Waals surface area contributed by atoms with Gasteiger partial charge >= 0.3 is 5.97 Å². The molecule has 3 nitrogen and oxygen atoms in total. The number of aliphatic carboxylic acids is 1. The molecular weight excluding hydrogens is 154 g/mol. The quantitative estimate of drug-likeness (QED) is 0.653. The van der Waals surface area contributed by atoms with Gasteiger partial charge in [-0.1, -0.05) is 18.2 Å². The first-order valence-electron chi connectivity index (χ1n) is 3.81. The molecule has 0 saturated carbocycles. The summed E-state index contributed by atoms with van der Waals surface area (Å²) in [5, 5.41) is 8.53. The SMILES string of the molecule is O=C(O)CN1C=C2C=CC=C2C1. The molecule has 0 aromatic carbocycles. The highest BCUT2D eigenvalue weighted by molar-refractivity contribution is 5.70. The van der Waals surface area contributed by atoms with E-state index in [2.05, 4.69) is 0 Å². The molecule has 1 aliphatic heterocycles. The summed E-state index contributed by atoms with van der Waals surface area (Å²) in [6, 6.07) is 0. The van der Waals surface area contributed by atoms with E-state index in [0.717, 1.165) is 12.1 Å². The molecule has 0 fully saturated rings. The standard InChI is InChI=1S/C9H9NO2/c11-9(12)6-10-4-7-2-1-3-8(7)5-10/h1-4H,5-6H2,(H,11,12). The van der Waals surface area contributed by atoms with Crippen LogP contribution in [0, 0.1) is 0 Å². The van der Waals surface area contributed by atoms with Crippen LogP contribution in [0.15, 0.2) is 35.6 Å². The fourth-order valence-corrected chi connectivity index (χ4v) is 1.48. The number of carboxylic acid groups (broad SMARTS) is 1. The fourth-order valence-electron chi connectivity index (χ4n) is 1.48. The minimum absolute atomic E-state index is 0.0919. The number of rotatable bonds is 2. The number of hydrogen-bond donors (Lipinski definition) is 1. The van der Waals surface area contributed by atoms with E-state index in [1.165, 1.54) is 5.57 Å². The maximum Gasteiger partial charge on any atom is 0.323 e. The minimum Gasteiger partial charge on any atom is -0.480 e. The Kier molecular flexibility index (Phi) is 1.50. The number of fused-ring (bicyclic) bond motifs is 1. The topological polar surface area (TPSA) is 40.5 Å². The van der Waals surface area contributed by atoms with Gasteiger partial charge in [0.1, 0.15) is 6.54 Å². The molecule has 62 valence electrons. The molecule has 0 saturated heterocycles. The van der Waals surface area contributed by atoms with Crippen molar-refractivity contribution in [3.8, 4) is 0 Å². The highest BCUT2D eigenvalue weighted by Crippen LogP contribution is 2.25. The van der Waals surface area contributed by atoms with Gasteiger partial charge in [-0.25, -0.2) is 0 Å². The Morgan fingerprint density at radius 3 is 3.17 bits per heavy atom. The second kappa shape index (κ2) is 2.52. The van der Waals surface area contributed by atoms with Gasteiger partial charge in [-0.15, -0.1) is 0 Å². The summed E-state index contributed by atoms with van der Waals surface area (Å²) in [5.41, 5.74) is 2.37. The van der Waals surface area contributed by atoms with Crippen LogP contribution in [0.4, 0.5) is 0 Å². The van der Waals surface area contributed by atoms with Crippen LogP contribution in [0.25, 0.3) is 0 Å². The molecule has 1 heterocycles. The molecule has 0 amide bonds. The number of nitrogens with zero attached hydrogens (tertiary/aromatic N) is 1. The molecule has 12 heavy (non-hydrogen) atoms. The van der Waals surface area contributed by atoms with Crippen molar-refractivity contribution >= 4 is 5.97 Å². The van der Waals surface area contributed by atoms with Crippen LogP contribution >= 0.6 is 0 Å². The van der Waals surface area contributed by atoms with Gasteiger partial charge in [-0.3, -0.25) is 4.79 Å². The summed E-state index contributed by atoms with van der Waals surface area (Å²) in [6.45, 7) is 0.823. The van der Waals surface area contributed by atoms with E-state index in [4.69, 9.17) is 5.11 Å². The molecule has 0 aromatic rings. The number of allylic oxidation sites excluding steroid dienone is 3. The van der Waals surface area contributed by atoms with Crippen molar-refractivity contribution in [2.75, 3.05) is 13.1 Å². The van der Waals surface area contributed by atoms with Gasteiger partial charge in [0.25, 0.3) is 0 Å². The van der Waals surface area contributed by atoms with Crippen LogP contribution in [0.2, 0.25) is 0 Å². The Labute approximate surface area is 70.3 Å². The van der Waals surface area contributed by atoms with E-state index in [1.54, 1.807) is 4.90 Å². The van der Waals surface area contributed by atoms with E-state index in [9.17, 15) is 4.79 Å². The third-order valence-electron chi connectivity index (χ3n) is 1.98. The van der Waals surface area contributed by atoms with Crippen LogP contribution in [-0.2, 0) is 4.79 Å². The van der Waals surface area contributed by atoms with Gasteiger partial charge in [-0.05, 0) is 11.1 Å². The molecule has 2 rings (SSSR count). The third-order valence-corrected chi connectivity index (χ3v) is 1.98. The summed E-state index contributed by atoms with van der Waals surface area (Å²) >= 11 is 0. The maximum atomic E-state index is 10.4. The lowest BCUT2D eigenvalue weighted by molar-refractivity contribution is -0.137. The summed E-state index contributed by atoms with van der Waals surface area (Å²) in [5.74, 6) is -0.781. The lowest BCUT2D eigenvalue weighted by Gasteiger charge is -2.10. The van der Waals surface area contributed by atoms with Gasteiger partial charge in [0, 0.05) is 12.7 Å². The van der Waals surface area contributed by atoms with E-state index in [-0.39, 0.29) is 6.54 Å². The molecule has 0 bridgehead atoms. The first-order valence-corrected chi connectivity index (χ1v) is 3.81. The maximum absolute atomic E-state index is 10.4. The number of carbonyl (C=O) groups is 1. The summed E-state index contributed by atoms with van der Waals surface area (Å²) in [7, 11) is 0. The van der Waals surface area contributed by atoms with Gasteiger partial charge in [-0.2, -0.15) is 0 Å². The normalized spacial score (nSPS) is 19.2. The van der Waals surface area contributed by atoms with Crippen LogP contribution in [0.5, 0.6) is 0 Å². The largest absolute Gasteiger partial charge is 0.480 e. The molecule has 0 aromatic heterocycles. The molecular formula is C9H9NO2. The zero-order chi connectivity index (χ0) is 8.55. The predicted molar refractivity (Wildman–Crippen MR) is 44.5 cm³/mol. The zero-order valence-corrected chi connectivity index (χ0v) is 6.53. The van der Waals surface area contributed by atoms with Crippen LogP contribution in [0.1, 0.15) is 0 Å². The van der Waals surface area contributed by atoms with Crippen molar-refractivity contribution in [2.24, 2.45) is 0 Å². The van der Waals surface area contributed by atoms with Gasteiger partial charge in [0.2, 0.25) is 0 Å². The fraction of sp³-hybridized carbons (Fsp3) is 0.222. The van der Waals surface area contributed by atoms with Crippen molar-refractivity contribution in [1.29, 1.82) is 0 Å². The first-order chi connectivity index (χ1) is 5.75. The van der Waals surface area contributed by atoms with Crippen LogP contribution in [0.3, 0.4) is 0 Å². The van der Waals surface area contributed by atoms with Crippen molar-refractivity contribution in [2.45, 2.75) is 0 Å². The highest BCUT2D eigenvalue weighted by Gasteiger charge is 2.19. The second-order valence-electron chi connectivity index (χ2n) is 2.93. The van der Waals surface area contributed by atoms with E-state index >= 15 is 0 Å². The van der Waals surface area contributed by atoms with Gasteiger partial charge in [0.05, 0.1) is 0 Å². The van der Waals surface area contributed by atoms with E-state index in [0.29, 0.717) is 0 Å². The van der Waals surface area contributed by atoms with E-state index < -0.39 is 5.97 Å². The Hall–Kier alpha value is -1.51. The molecule has 0 unspecified atom stereocenters. The van der Waals surface area contributed by atoms with Crippen molar-refractivity contribution < 1.29 is 9.90 Å². The lowest BCUT2D eigenvalue weighted by atomic mass is 10.2. The zero-order valence-electron chi connectivity index (χ0n) is 6.53. The second-order valence-corrected chi connectivity index (χ2v) is 2.93. The van der Waals surface area contributed by atoms with Crippen LogP contribution < -0.4 is 0 Å². The Morgan fingerprint density at radius 1 is 1.67 bits per heavy atom.